The average molecular weight is 457 g/mol. The summed E-state index contributed by atoms with van der Waals surface area (Å²) in [6, 6.07) is 1.60. The highest BCUT2D eigenvalue weighted by molar-refractivity contribution is 5.93. The first-order valence-electron chi connectivity index (χ1n) is 12.3. The van der Waals surface area contributed by atoms with Crippen LogP contribution in [0.5, 0.6) is 0 Å². The lowest BCUT2D eigenvalue weighted by Gasteiger charge is -2.23. The molecule has 180 valence electrons. The molecule has 9 heteroatoms. The van der Waals surface area contributed by atoms with E-state index in [1.165, 1.54) is 32.1 Å². The molecule has 0 radical (unpaired) electrons. The number of aryl methyl sites for hydroxylation is 1. The Morgan fingerprint density at radius 2 is 1.91 bits per heavy atom. The van der Waals surface area contributed by atoms with E-state index in [0.29, 0.717) is 18.9 Å². The maximum atomic E-state index is 13.1. The third kappa shape index (κ3) is 4.57. The van der Waals surface area contributed by atoms with E-state index in [-0.39, 0.29) is 35.7 Å². The Morgan fingerprint density at radius 1 is 1.15 bits per heavy atom. The van der Waals surface area contributed by atoms with Crippen molar-refractivity contribution < 1.29 is 14.3 Å². The highest BCUT2D eigenvalue weighted by Gasteiger charge is 2.49. The Bertz CT molecular complexity index is 987. The second-order valence-corrected chi connectivity index (χ2v) is 10.9. The number of nitrogens with one attached hydrogen (secondary N) is 1. The minimum atomic E-state index is -0.285. The molecule has 2 aliphatic heterocycles. The van der Waals surface area contributed by atoms with E-state index < -0.39 is 0 Å². The van der Waals surface area contributed by atoms with Crippen LogP contribution in [0, 0.1) is 12.8 Å². The van der Waals surface area contributed by atoms with Gasteiger partial charge in [0.1, 0.15) is 23.9 Å². The molecule has 0 aromatic carbocycles. The fourth-order valence-corrected chi connectivity index (χ4v) is 5.50. The van der Waals surface area contributed by atoms with Crippen molar-refractivity contribution in [2.75, 3.05) is 13.2 Å². The van der Waals surface area contributed by atoms with Crippen LogP contribution < -0.4 is 5.32 Å². The SMILES string of the molecule is Cc1cc(C(=O)NC2COC3C2OCC3n2cc(CC3CCCCC3)nn2)n(C(C)(C)C)n1. The summed E-state index contributed by atoms with van der Waals surface area (Å²) in [4.78, 5) is 13.1. The van der Waals surface area contributed by atoms with Gasteiger partial charge in [-0.1, -0.05) is 37.3 Å². The predicted molar refractivity (Wildman–Crippen MR) is 122 cm³/mol. The number of ether oxygens (including phenoxy) is 2. The molecule has 1 amide bonds. The molecular weight excluding hydrogens is 420 g/mol. The van der Waals surface area contributed by atoms with Crippen LogP contribution in [-0.4, -0.2) is 62.1 Å². The average Bonchev–Trinajstić information content (AvgIpc) is 3.53. The summed E-state index contributed by atoms with van der Waals surface area (Å²) in [5.41, 5.74) is 2.15. The summed E-state index contributed by atoms with van der Waals surface area (Å²) in [6.45, 7) is 8.94. The quantitative estimate of drug-likeness (QED) is 0.743. The van der Waals surface area contributed by atoms with Gasteiger partial charge < -0.3 is 14.8 Å². The van der Waals surface area contributed by atoms with Gasteiger partial charge in [-0.2, -0.15) is 5.10 Å². The topological polar surface area (TPSA) is 96.1 Å². The molecule has 2 aromatic heterocycles. The van der Waals surface area contributed by atoms with Gasteiger partial charge in [-0.05, 0) is 46.1 Å². The van der Waals surface area contributed by atoms with Gasteiger partial charge in [0.25, 0.3) is 5.91 Å². The van der Waals surface area contributed by atoms with Crippen LogP contribution in [0.25, 0.3) is 0 Å². The molecule has 4 unspecified atom stereocenters. The maximum absolute atomic E-state index is 13.1. The summed E-state index contributed by atoms with van der Waals surface area (Å²) in [5.74, 6) is 0.575. The predicted octanol–water partition coefficient (Wildman–Crippen LogP) is 2.80. The van der Waals surface area contributed by atoms with Crippen molar-refractivity contribution in [1.82, 2.24) is 30.1 Å². The molecule has 2 aromatic rings. The van der Waals surface area contributed by atoms with E-state index in [0.717, 1.165) is 23.7 Å². The number of rotatable bonds is 5. The number of nitrogens with zero attached hydrogens (tertiary/aromatic N) is 5. The Labute approximate surface area is 195 Å². The highest BCUT2D eigenvalue weighted by Crippen LogP contribution is 2.34. The first-order chi connectivity index (χ1) is 15.8. The second-order valence-electron chi connectivity index (χ2n) is 10.9. The molecule has 1 aliphatic carbocycles. The largest absolute Gasteiger partial charge is 0.371 e. The van der Waals surface area contributed by atoms with Crippen molar-refractivity contribution in [1.29, 1.82) is 0 Å². The minimum Gasteiger partial charge on any atom is -0.371 e. The van der Waals surface area contributed by atoms with Crippen LogP contribution >= 0.6 is 0 Å². The normalized spacial score (nSPS) is 28.2. The molecule has 3 aliphatic rings. The molecule has 33 heavy (non-hydrogen) atoms. The molecule has 5 rings (SSSR count). The van der Waals surface area contributed by atoms with Gasteiger partial charge >= 0.3 is 0 Å². The van der Waals surface area contributed by atoms with E-state index in [9.17, 15) is 4.79 Å². The zero-order valence-electron chi connectivity index (χ0n) is 20.2. The van der Waals surface area contributed by atoms with Gasteiger partial charge in [0.05, 0.1) is 36.2 Å². The van der Waals surface area contributed by atoms with E-state index in [1.54, 1.807) is 4.68 Å². The smallest absolute Gasteiger partial charge is 0.269 e. The second kappa shape index (κ2) is 8.83. The number of amides is 1. The lowest BCUT2D eigenvalue weighted by Crippen LogP contribution is -2.45. The number of aromatic nitrogens is 5. The Balaban J connectivity index is 1.23. The Kier molecular flexibility index (Phi) is 6.03. The van der Waals surface area contributed by atoms with Crippen LogP contribution in [0.1, 0.15) is 80.8 Å². The van der Waals surface area contributed by atoms with E-state index in [2.05, 4.69) is 26.9 Å². The van der Waals surface area contributed by atoms with Crippen molar-refractivity contribution in [2.45, 2.75) is 96.1 Å². The third-order valence-electron chi connectivity index (χ3n) is 7.16. The monoisotopic (exact) mass is 456 g/mol. The summed E-state index contributed by atoms with van der Waals surface area (Å²) >= 11 is 0. The van der Waals surface area contributed by atoms with Gasteiger partial charge in [-0.3, -0.25) is 9.48 Å². The molecule has 4 heterocycles. The van der Waals surface area contributed by atoms with Crippen molar-refractivity contribution in [3.63, 3.8) is 0 Å². The van der Waals surface area contributed by atoms with Gasteiger partial charge in [-0.15, -0.1) is 5.10 Å². The van der Waals surface area contributed by atoms with Crippen molar-refractivity contribution >= 4 is 5.91 Å². The van der Waals surface area contributed by atoms with E-state index in [4.69, 9.17) is 9.47 Å². The fraction of sp³-hybridized carbons (Fsp3) is 0.750. The van der Waals surface area contributed by atoms with Crippen LogP contribution in [-0.2, 0) is 21.4 Å². The Morgan fingerprint density at radius 3 is 2.67 bits per heavy atom. The zero-order chi connectivity index (χ0) is 23.2. The molecule has 3 fully saturated rings. The number of hydrogen-bond acceptors (Lipinski definition) is 6. The molecule has 4 atom stereocenters. The van der Waals surface area contributed by atoms with Crippen molar-refractivity contribution in [3.05, 3.63) is 29.3 Å². The summed E-state index contributed by atoms with van der Waals surface area (Å²) < 4.78 is 15.9. The number of fused-ring (bicyclic) bond motifs is 1. The lowest BCUT2D eigenvalue weighted by molar-refractivity contribution is 0.0612. The first kappa shape index (κ1) is 22.5. The minimum absolute atomic E-state index is 0.0214. The third-order valence-corrected chi connectivity index (χ3v) is 7.16. The van der Waals surface area contributed by atoms with Gasteiger partial charge in [-0.25, -0.2) is 4.68 Å². The fourth-order valence-electron chi connectivity index (χ4n) is 5.50. The molecule has 9 nitrogen and oxygen atoms in total. The summed E-state index contributed by atoms with van der Waals surface area (Å²) in [7, 11) is 0. The van der Waals surface area contributed by atoms with Crippen molar-refractivity contribution in [2.24, 2.45) is 5.92 Å². The molecular formula is C24H36N6O3. The van der Waals surface area contributed by atoms with Gasteiger partial charge in [0.15, 0.2) is 0 Å². The molecule has 2 saturated heterocycles. The van der Waals surface area contributed by atoms with Crippen LogP contribution in [0.2, 0.25) is 0 Å². The van der Waals surface area contributed by atoms with Crippen LogP contribution in [0.3, 0.4) is 0 Å². The molecule has 1 N–H and O–H groups in total. The standard InChI is InChI=1S/C24H36N6O3/c1-15-10-19(30(27-15)24(2,3)4)23(31)25-18-13-32-22-20(14-33-21(18)22)29-12-17(26-28-29)11-16-8-6-5-7-9-16/h10,12,16,18,20-22H,5-9,11,13-14H2,1-4H3,(H,25,31). The van der Waals surface area contributed by atoms with E-state index in [1.807, 2.05) is 38.4 Å². The number of carbonyl (C=O) groups excluding carboxylic acids is 1. The molecule has 0 spiro atoms. The zero-order valence-corrected chi connectivity index (χ0v) is 20.2. The van der Waals surface area contributed by atoms with Gasteiger partial charge in [0.2, 0.25) is 0 Å². The summed E-state index contributed by atoms with van der Waals surface area (Å²) in [6.07, 6.45) is 9.33. The molecule has 0 bridgehead atoms. The first-order valence-corrected chi connectivity index (χ1v) is 12.3. The van der Waals surface area contributed by atoms with Crippen LogP contribution in [0.15, 0.2) is 12.3 Å². The number of hydrogen-bond donors (Lipinski definition) is 1. The van der Waals surface area contributed by atoms with Gasteiger partial charge in [0, 0.05) is 6.20 Å². The summed E-state index contributed by atoms with van der Waals surface area (Å²) in [5, 5.41) is 16.5. The van der Waals surface area contributed by atoms with E-state index >= 15 is 0 Å². The van der Waals surface area contributed by atoms with Crippen molar-refractivity contribution in [3.8, 4) is 0 Å². The molecule has 1 saturated carbocycles. The lowest BCUT2D eigenvalue weighted by atomic mass is 9.86. The Hall–Kier alpha value is -2.26. The number of carbonyl (C=O) groups is 1. The maximum Gasteiger partial charge on any atom is 0.269 e. The highest BCUT2D eigenvalue weighted by atomic mass is 16.6. The van der Waals surface area contributed by atoms with Crippen LogP contribution in [0.4, 0.5) is 0 Å².